The van der Waals surface area contributed by atoms with Crippen LogP contribution in [0.25, 0.3) is 0 Å². The summed E-state index contributed by atoms with van der Waals surface area (Å²) < 4.78 is 37.6. The van der Waals surface area contributed by atoms with E-state index in [9.17, 15) is 24.0 Å². The van der Waals surface area contributed by atoms with Crippen LogP contribution in [0.4, 0.5) is 0 Å². The van der Waals surface area contributed by atoms with Crippen molar-refractivity contribution in [1.82, 2.24) is 20.6 Å². The van der Waals surface area contributed by atoms with Gasteiger partial charge in [0, 0.05) is 45.2 Å². The number of imide groups is 1. The second-order valence-electron chi connectivity index (χ2n) is 6.89. The largest absolute Gasteiger partial charge is 0.355 e. The zero-order valence-electron chi connectivity index (χ0n) is 21.2. The molecule has 0 aliphatic carbocycles. The van der Waals surface area contributed by atoms with Gasteiger partial charge in [0.15, 0.2) is 0 Å². The average molecular weight is 424 g/mol. The van der Waals surface area contributed by atoms with Gasteiger partial charge in [0.25, 0.3) is 11.8 Å². The van der Waals surface area contributed by atoms with E-state index in [1.165, 1.54) is 0 Å². The molecule has 162 valence electrons. The zero-order valence-corrected chi connectivity index (χ0v) is 16.2. The summed E-state index contributed by atoms with van der Waals surface area (Å²) in [6.07, 6.45) is -1.50. The molecule has 10 nitrogen and oxygen atoms in total. The average Bonchev–Trinajstić information content (AvgIpc) is 3.27. The topological polar surface area (TPSA) is 125 Å². The number of nitrogens with zero attached hydrogens (tertiary/aromatic N) is 2. The van der Waals surface area contributed by atoms with Gasteiger partial charge in [-0.3, -0.25) is 24.1 Å². The predicted octanol–water partition coefficient (Wildman–Crippen LogP) is -0.129. The number of carbonyl (C=O) groups excluding carboxylic acids is 5. The summed E-state index contributed by atoms with van der Waals surface area (Å²) in [7, 11) is 0. The number of hydroxylamine groups is 2. The van der Waals surface area contributed by atoms with Gasteiger partial charge in [0.1, 0.15) is 0 Å². The van der Waals surface area contributed by atoms with Gasteiger partial charge >= 0.3 is 5.97 Å². The van der Waals surface area contributed by atoms with E-state index in [0.717, 1.165) is 6.42 Å². The van der Waals surface area contributed by atoms with Crippen molar-refractivity contribution in [3.63, 3.8) is 0 Å². The molecule has 0 aromatic carbocycles. The van der Waals surface area contributed by atoms with Crippen LogP contribution < -0.4 is 10.6 Å². The maximum Gasteiger partial charge on any atom is 0.334 e. The molecule has 0 spiro atoms. The van der Waals surface area contributed by atoms with Crippen molar-refractivity contribution in [3.8, 4) is 0 Å². The lowest BCUT2D eigenvalue weighted by Gasteiger charge is -2.23. The van der Waals surface area contributed by atoms with Crippen LogP contribution in [-0.2, 0) is 28.8 Å². The smallest absolute Gasteiger partial charge is 0.334 e. The highest BCUT2D eigenvalue weighted by Gasteiger charge is 2.32. The lowest BCUT2D eigenvalue weighted by molar-refractivity contribution is -0.197. The molecule has 2 N–H and O–H groups in total. The van der Waals surface area contributed by atoms with Gasteiger partial charge in [-0.25, -0.2) is 4.79 Å². The van der Waals surface area contributed by atoms with Crippen LogP contribution >= 0.6 is 0 Å². The summed E-state index contributed by atoms with van der Waals surface area (Å²) in [4.78, 5) is 64.9. The van der Waals surface area contributed by atoms with E-state index in [2.05, 4.69) is 15.5 Å². The van der Waals surface area contributed by atoms with Crippen LogP contribution in [0.5, 0.6) is 0 Å². The van der Waals surface area contributed by atoms with Gasteiger partial charge in [-0.2, -0.15) is 0 Å². The minimum Gasteiger partial charge on any atom is -0.355 e. The van der Waals surface area contributed by atoms with Crippen molar-refractivity contribution < 1.29 is 35.7 Å². The molecule has 2 heterocycles. The Morgan fingerprint density at radius 3 is 2.55 bits per heavy atom. The highest BCUT2D eigenvalue weighted by molar-refractivity contribution is 6.01. The van der Waals surface area contributed by atoms with Crippen LogP contribution in [0.15, 0.2) is 0 Å². The summed E-state index contributed by atoms with van der Waals surface area (Å²) in [5.41, 5.74) is 0. The molecule has 2 aliphatic rings. The van der Waals surface area contributed by atoms with Crippen LogP contribution in [0.3, 0.4) is 0 Å². The van der Waals surface area contributed by atoms with E-state index >= 15 is 0 Å². The van der Waals surface area contributed by atoms with E-state index in [0.29, 0.717) is 18.0 Å². The Hall–Kier alpha value is -2.49. The second-order valence-corrected chi connectivity index (χ2v) is 6.89. The molecule has 2 aliphatic heterocycles. The molecule has 1 unspecified atom stereocenters. The van der Waals surface area contributed by atoms with Gasteiger partial charge in [0.05, 0.1) is 13.0 Å². The van der Waals surface area contributed by atoms with Crippen molar-refractivity contribution in [2.75, 3.05) is 26.2 Å². The molecule has 2 rings (SSSR count). The highest BCUT2D eigenvalue weighted by Crippen LogP contribution is 2.20. The molecule has 2 fully saturated rings. The first-order valence-corrected chi connectivity index (χ1v) is 9.64. The molecule has 4 amide bonds. The molecule has 2 saturated heterocycles. The molecule has 0 aromatic heterocycles. The maximum absolute atomic E-state index is 12.2. The minimum absolute atomic E-state index is 0.00947. The summed E-state index contributed by atoms with van der Waals surface area (Å²) in [5, 5.41) is 5.49. The Kier molecular flexibility index (Phi) is 6.47. The Bertz CT molecular complexity index is 791. The zero-order chi connectivity index (χ0) is 25.5. The fourth-order valence-electron chi connectivity index (χ4n) is 3.21. The molecular weight excluding hydrogens is 389 g/mol. The number of hydrogen-bond donors (Lipinski definition) is 2. The predicted molar refractivity (Wildman–Crippen MR) is 102 cm³/mol. The van der Waals surface area contributed by atoms with Crippen LogP contribution in [0.2, 0.25) is 0 Å². The lowest BCUT2D eigenvalue weighted by Crippen LogP contribution is -2.41. The van der Waals surface area contributed by atoms with Gasteiger partial charge in [-0.1, -0.05) is 13.2 Å². The Balaban J connectivity index is 1.62. The number of rotatable bonds is 11. The molecule has 0 aromatic rings. The van der Waals surface area contributed by atoms with Gasteiger partial charge in [-0.15, -0.1) is 5.06 Å². The van der Waals surface area contributed by atoms with Crippen molar-refractivity contribution >= 4 is 29.6 Å². The van der Waals surface area contributed by atoms with Crippen molar-refractivity contribution in [2.45, 2.75) is 64.2 Å². The Morgan fingerprint density at radius 2 is 1.83 bits per heavy atom. The highest BCUT2D eigenvalue weighted by atomic mass is 16.7. The van der Waals surface area contributed by atoms with Gasteiger partial charge < -0.3 is 15.5 Å². The van der Waals surface area contributed by atoms with Crippen molar-refractivity contribution in [1.29, 1.82) is 0 Å². The quantitative estimate of drug-likeness (QED) is 0.269. The van der Waals surface area contributed by atoms with E-state index in [4.69, 9.17) is 6.85 Å². The first-order valence-electron chi connectivity index (χ1n) is 12.1. The van der Waals surface area contributed by atoms with E-state index in [1.54, 1.807) is 4.90 Å². The molecule has 0 radical (unpaired) electrons. The molecule has 0 bridgehead atoms. The third kappa shape index (κ3) is 7.45. The number of amides is 4. The Morgan fingerprint density at radius 1 is 1.14 bits per heavy atom. The van der Waals surface area contributed by atoms with E-state index in [-0.39, 0.29) is 63.7 Å². The second kappa shape index (κ2) is 11.5. The fourth-order valence-corrected chi connectivity index (χ4v) is 3.21. The van der Waals surface area contributed by atoms with Gasteiger partial charge in [-0.05, 0) is 25.8 Å². The number of hydrogen-bond acceptors (Lipinski definition) is 7. The fraction of sp³-hybridized carbons (Fsp3) is 0.737. The van der Waals surface area contributed by atoms with E-state index < -0.39 is 36.9 Å². The molecular formula is C19H30N4O6. The van der Waals surface area contributed by atoms with Crippen LogP contribution in [0, 0.1) is 0 Å². The molecule has 29 heavy (non-hydrogen) atoms. The first kappa shape index (κ1) is 16.3. The normalized spacial score (nSPS) is 23.0. The van der Waals surface area contributed by atoms with E-state index in [1.807, 2.05) is 0 Å². The van der Waals surface area contributed by atoms with Crippen molar-refractivity contribution in [3.05, 3.63) is 0 Å². The summed E-state index contributed by atoms with van der Waals surface area (Å²) in [6.45, 7) is -2.23. The molecule has 0 saturated carbocycles. The van der Waals surface area contributed by atoms with Crippen LogP contribution in [-0.4, -0.2) is 71.8 Å². The van der Waals surface area contributed by atoms with Crippen molar-refractivity contribution in [2.24, 2.45) is 0 Å². The molecule has 1 atom stereocenters. The SMILES string of the molecule is [2H][13C]([2H])([2H])[13C]([2H])([2H])[13CH2][13CH]1[13CH2][13CH2][13CH2][15N]1[13CH2]C(=O)NCCC(=O)NCCC(=O)ON1C(=O)CCC1=O. The summed E-state index contributed by atoms with van der Waals surface area (Å²) >= 11 is 0. The third-order valence-electron chi connectivity index (χ3n) is 4.71. The first-order chi connectivity index (χ1) is 15.8. The van der Waals surface area contributed by atoms with Gasteiger partial charge in [0.2, 0.25) is 11.8 Å². The standard InChI is InChI=1S/C19H30N4O6/c1-2-4-14-5-3-12-22(14)13-16(25)21-10-8-15(24)20-11-9-19(28)29-23-17(26)6-7-18(23)27/h14H,2-13H2,1H3,(H,20,24)(H,21,25)/i1+1D3,2+1D2,3+1,4+1,5+1,12+1,13+1,14+1,22+1. The third-order valence-corrected chi connectivity index (χ3v) is 4.71. The number of carbonyl (C=O) groups is 5. The lowest BCUT2D eigenvalue weighted by atomic mass is 10.3. The Labute approximate surface area is 177 Å². The monoisotopic (exact) mass is 424 g/mol. The molecule has 10 heteroatoms. The minimum atomic E-state index is -2.74. The van der Waals surface area contributed by atoms with Crippen LogP contribution in [0.1, 0.15) is 65.0 Å². The number of likely N-dealkylation sites (tertiary alicyclic amines) is 1. The summed E-state index contributed by atoms with van der Waals surface area (Å²) in [5.74, 6) is -2.80. The number of nitrogens with one attached hydrogen (secondary N) is 2. The maximum atomic E-state index is 12.2. The summed E-state index contributed by atoms with van der Waals surface area (Å²) in [6, 6.07) is -0.352.